The summed E-state index contributed by atoms with van der Waals surface area (Å²) in [7, 11) is 0. The SMILES string of the molecule is c1cnc(CNC2CCN3CCCCC23)cn1. The van der Waals surface area contributed by atoms with Crippen LogP contribution in [0.1, 0.15) is 31.4 Å². The molecule has 2 saturated heterocycles. The molecule has 1 aromatic rings. The van der Waals surface area contributed by atoms with Crippen molar-refractivity contribution in [2.45, 2.75) is 44.3 Å². The molecule has 3 heterocycles. The molecule has 3 rings (SSSR count). The van der Waals surface area contributed by atoms with E-state index in [0.29, 0.717) is 6.04 Å². The lowest BCUT2D eigenvalue weighted by atomic mass is 9.99. The molecule has 1 N–H and O–H groups in total. The molecule has 0 radical (unpaired) electrons. The zero-order valence-electron chi connectivity index (χ0n) is 10.2. The first-order chi connectivity index (χ1) is 8.43. The average Bonchev–Trinajstić information content (AvgIpc) is 2.81. The van der Waals surface area contributed by atoms with Crippen molar-refractivity contribution in [2.24, 2.45) is 0 Å². The van der Waals surface area contributed by atoms with Crippen molar-refractivity contribution in [1.29, 1.82) is 0 Å². The van der Waals surface area contributed by atoms with Gasteiger partial charge in [-0.25, -0.2) is 0 Å². The maximum atomic E-state index is 4.31. The number of hydrogen-bond acceptors (Lipinski definition) is 4. The summed E-state index contributed by atoms with van der Waals surface area (Å²) in [5.41, 5.74) is 1.04. The first kappa shape index (κ1) is 11.1. The zero-order valence-corrected chi connectivity index (χ0v) is 10.2. The standard InChI is InChI=1S/C13H20N4/c1-2-7-17-8-4-12(13(17)3-1)16-10-11-9-14-5-6-15-11/h5-6,9,12-13,16H,1-4,7-8,10H2. The highest BCUT2D eigenvalue weighted by Gasteiger charge is 2.34. The summed E-state index contributed by atoms with van der Waals surface area (Å²) in [5.74, 6) is 0. The van der Waals surface area contributed by atoms with E-state index in [1.54, 1.807) is 12.4 Å². The van der Waals surface area contributed by atoms with Gasteiger partial charge in [0.25, 0.3) is 0 Å². The summed E-state index contributed by atoms with van der Waals surface area (Å²) < 4.78 is 0. The minimum atomic E-state index is 0.650. The van der Waals surface area contributed by atoms with Crippen LogP contribution in [0, 0.1) is 0 Å². The van der Waals surface area contributed by atoms with Gasteiger partial charge >= 0.3 is 0 Å². The van der Waals surface area contributed by atoms with E-state index >= 15 is 0 Å². The lowest BCUT2D eigenvalue weighted by Crippen LogP contribution is -2.44. The first-order valence-corrected chi connectivity index (χ1v) is 6.66. The van der Waals surface area contributed by atoms with Gasteiger partial charge in [-0.1, -0.05) is 6.42 Å². The highest BCUT2D eigenvalue weighted by atomic mass is 15.2. The van der Waals surface area contributed by atoms with Crippen molar-refractivity contribution in [2.75, 3.05) is 13.1 Å². The van der Waals surface area contributed by atoms with Crippen molar-refractivity contribution in [3.8, 4) is 0 Å². The van der Waals surface area contributed by atoms with Crippen LogP contribution in [-0.4, -0.2) is 40.0 Å². The monoisotopic (exact) mass is 232 g/mol. The third kappa shape index (κ3) is 2.48. The number of rotatable bonds is 3. The third-order valence-corrected chi connectivity index (χ3v) is 4.02. The molecule has 1 aromatic heterocycles. The molecule has 2 aliphatic rings. The number of nitrogens with zero attached hydrogens (tertiary/aromatic N) is 3. The summed E-state index contributed by atoms with van der Waals surface area (Å²) in [5, 5.41) is 3.65. The van der Waals surface area contributed by atoms with Gasteiger partial charge in [0.2, 0.25) is 0 Å². The Labute approximate surface area is 102 Å². The second-order valence-corrected chi connectivity index (χ2v) is 5.07. The summed E-state index contributed by atoms with van der Waals surface area (Å²) in [6, 6.07) is 1.41. The second kappa shape index (κ2) is 5.10. The fraction of sp³-hybridized carbons (Fsp3) is 0.692. The Kier molecular flexibility index (Phi) is 3.34. The van der Waals surface area contributed by atoms with Gasteiger partial charge in [-0.2, -0.15) is 0 Å². The molecular weight excluding hydrogens is 212 g/mol. The topological polar surface area (TPSA) is 41.1 Å². The predicted molar refractivity (Wildman–Crippen MR) is 66.5 cm³/mol. The van der Waals surface area contributed by atoms with Crippen molar-refractivity contribution in [3.05, 3.63) is 24.3 Å². The molecule has 2 unspecified atom stereocenters. The largest absolute Gasteiger partial charge is 0.307 e. The molecular formula is C13H20N4. The fourth-order valence-corrected chi connectivity index (χ4v) is 3.14. The molecule has 2 atom stereocenters. The molecule has 4 heteroatoms. The van der Waals surface area contributed by atoms with Crippen molar-refractivity contribution in [3.63, 3.8) is 0 Å². The van der Waals surface area contributed by atoms with Gasteiger partial charge in [0, 0.05) is 43.8 Å². The lowest BCUT2D eigenvalue weighted by Gasteiger charge is -2.32. The average molecular weight is 232 g/mol. The molecule has 0 bridgehead atoms. The van der Waals surface area contributed by atoms with Crippen molar-refractivity contribution < 1.29 is 0 Å². The summed E-state index contributed by atoms with van der Waals surface area (Å²) in [6.45, 7) is 3.42. The van der Waals surface area contributed by atoms with Crippen LogP contribution in [0.3, 0.4) is 0 Å². The van der Waals surface area contributed by atoms with E-state index < -0.39 is 0 Å². The molecule has 0 saturated carbocycles. The van der Waals surface area contributed by atoms with Gasteiger partial charge in [-0.05, 0) is 25.8 Å². The number of fused-ring (bicyclic) bond motifs is 1. The Morgan fingerprint density at radius 3 is 3.12 bits per heavy atom. The van der Waals surface area contributed by atoms with Gasteiger partial charge in [-0.15, -0.1) is 0 Å². The van der Waals surface area contributed by atoms with E-state index in [1.165, 1.54) is 38.8 Å². The van der Waals surface area contributed by atoms with Gasteiger partial charge in [0.05, 0.1) is 5.69 Å². The maximum absolute atomic E-state index is 4.31. The first-order valence-electron chi connectivity index (χ1n) is 6.66. The second-order valence-electron chi connectivity index (χ2n) is 5.07. The molecule has 92 valence electrons. The van der Waals surface area contributed by atoms with Crippen molar-refractivity contribution >= 4 is 0 Å². The highest BCUT2D eigenvalue weighted by molar-refractivity contribution is 4.98. The molecule has 17 heavy (non-hydrogen) atoms. The van der Waals surface area contributed by atoms with Gasteiger partial charge in [0.15, 0.2) is 0 Å². The Morgan fingerprint density at radius 2 is 2.24 bits per heavy atom. The number of aromatic nitrogens is 2. The Morgan fingerprint density at radius 1 is 1.24 bits per heavy atom. The van der Waals surface area contributed by atoms with Crippen LogP contribution in [0.5, 0.6) is 0 Å². The lowest BCUT2D eigenvalue weighted by molar-refractivity contribution is 0.180. The minimum Gasteiger partial charge on any atom is -0.307 e. The summed E-state index contributed by atoms with van der Waals surface area (Å²) in [6.07, 6.45) is 10.8. The van der Waals surface area contributed by atoms with E-state index in [-0.39, 0.29) is 0 Å². The van der Waals surface area contributed by atoms with E-state index in [0.717, 1.165) is 18.3 Å². The predicted octanol–water partition coefficient (Wildman–Crippen LogP) is 1.19. The van der Waals surface area contributed by atoms with Crippen LogP contribution in [0.2, 0.25) is 0 Å². The van der Waals surface area contributed by atoms with Crippen LogP contribution in [0.15, 0.2) is 18.6 Å². The van der Waals surface area contributed by atoms with E-state index in [9.17, 15) is 0 Å². The van der Waals surface area contributed by atoms with Crippen LogP contribution in [-0.2, 0) is 6.54 Å². The third-order valence-electron chi connectivity index (χ3n) is 4.02. The van der Waals surface area contributed by atoms with Crippen LogP contribution in [0.25, 0.3) is 0 Å². The van der Waals surface area contributed by atoms with Crippen molar-refractivity contribution in [1.82, 2.24) is 20.2 Å². The Balaban J connectivity index is 1.55. The molecule has 4 nitrogen and oxygen atoms in total. The smallest absolute Gasteiger partial charge is 0.0724 e. The molecule has 2 aliphatic heterocycles. The molecule has 0 aliphatic carbocycles. The number of piperidine rings is 1. The molecule has 0 spiro atoms. The van der Waals surface area contributed by atoms with Gasteiger partial charge in [0.1, 0.15) is 0 Å². The fourth-order valence-electron chi connectivity index (χ4n) is 3.14. The normalized spacial score (nSPS) is 29.2. The quantitative estimate of drug-likeness (QED) is 0.850. The molecule has 0 aromatic carbocycles. The molecule has 2 fully saturated rings. The highest BCUT2D eigenvalue weighted by Crippen LogP contribution is 2.27. The van der Waals surface area contributed by atoms with Crippen LogP contribution in [0.4, 0.5) is 0 Å². The summed E-state index contributed by atoms with van der Waals surface area (Å²) >= 11 is 0. The number of nitrogens with one attached hydrogen (secondary N) is 1. The Bertz CT molecular complexity index is 354. The van der Waals surface area contributed by atoms with Crippen LogP contribution < -0.4 is 5.32 Å². The van der Waals surface area contributed by atoms with E-state index in [1.807, 2.05) is 6.20 Å². The van der Waals surface area contributed by atoms with Gasteiger partial charge in [-0.3, -0.25) is 14.9 Å². The molecule has 0 amide bonds. The minimum absolute atomic E-state index is 0.650. The maximum Gasteiger partial charge on any atom is 0.0724 e. The van der Waals surface area contributed by atoms with E-state index in [2.05, 4.69) is 20.2 Å². The zero-order chi connectivity index (χ0) is 11.5. The Hall–Kier alpha value is -1.00. The van der Waals surface area contributed by atoms with Gasteiger partial charge < -0.3 is 5.32 Å². The summed E-state index contributed by atoms with van der Waals surface area (Å²) in [4.78, 5) is 11.1. The number of hydrogen-bond donors (Lipinski definition) is 1. The van der Waals surface area contributed by atoms with Crippen LogP contribution >= 0.6 is 0 Å². The van der Waals surface area contributed by atoms with E-state index in [4.69, 9.17) is 0 Å².